The van der Waals surface area contributed by atoms with Crippen molar-refractivity contribution in [2.24, 2.45) is 0 Å². The molecular weight excluding hydrogens is 273 g/mol. The van der Waals surface area contributed by atoms with Gasteiger partial charge >= 0.3 is 0 Å². The summed E-state index contributed by atoms with van der Waals surface area (Å²) in [4.78, 5) is 14.5. The van der Waals surface area contributed by atoms with Gasteiger partial charge in [0, 0.05) is 23.0 Å². The van der Waals surface area contributed by atoms with E-state index in [-0.39, 0.29) is 17.1 Å². The largest absolute Gasteiger partial charge is 0.483 e. The molecule has 0 fully saturated rings. The van der Waals surface area contributed by atoms with Gasteiger partial charge in [-0.15, -0.1) is 11.6 Å². The van der Waals surface area contributed by atoms with Gasteiger partial charge in [-0.25, -0.2) is 0 Å². The van der Waals surface area contributed by atoms with Crippen LogP contribution in [-0.4, -0.2) is 4.98 Å². The molecule has 1 heterocycles. The third-order valence-corrected chi connectivity index (χ3v) is 2.89. The number of H-pyrrole nitrogens is 1. The fourth-order valence-corrected chi connectivity index (χ4v) is 1.85. The van der Waals surface area contributed by atoms with Crippen LogP contribution >= 0.6 is 23.2 Å². The van der Waals surface area contributed by atoms with Gasteiger partial charge in [-0.05, 0) is 17.7 Å². The lowest BCUT2D eigenvalue weighted by Gasteiger charge is -2.06. The molecule has 0 spiro atoms. The molecule has 94 valence electrons. The lowest BCUT2D eigenvalue weighted by atomic mass is 10.2. The first-order valence-corrected chi connectivity index (χ1v) is 6.25. The Morgan fingerprint density at radius 1 is 1.28 bits per heavy atom. The summed E-state index contributed by atoms with van der Waals surface area (Å²) < 4.78 is 5.43. The fourth-order valence-electron chi connectivity index (χ4n) is 1.48. The number of halogens is 2. The maximum Gasteiger partial charge on any atom is 0.223 e. The molecule has 0 radical (unpaired) electrons. The van der Waals surface area contributed by atoms with Crippen molar-refractivity contribution in [3.8, 4) is 5.75 Å². The van der Waals surface area contributed by atoms with Gasteiger partial charge in [0.05, 0.1) is 5.88 Å². The van der Waals surface area contributed by atoms with Crippen molar-refractivity contribution in [2.45, 2.75) is 12.5 Å². The Morgan fingerprint density at radius 2 is 2.11 bits per heavy atom. The quantitative estimate of drug-likeness (QED) is 0.875. The average Bonchev–Trinajstić information content (AvgIpc) is 2.37. The molecule has 2 aromatic rings. The summed E-state index contributed by atoms with van der Waals surface area (Å²) in [6.45, 7) is 0.295. The molecule has 1 aromatic heterocycles. The van der Waals surface area contributed by atoms with Gasteiger partial charge in [0.2, 0.25) is 5.43 Å². The molecule has 3 nitrogen and oxygen atoms in total. The van der Waals surface area contributed by atoms with Crippen molar-refractivity contribution in [1.29, 1.82) is 0 Å². The number of benzene rings is 1. The number of pyridine rings is 1. The van der Waals surface area contributed by atoms with E-state index in [2.05, 4.69) is 4.98 Å². The Labute approximate surface area is 114 Å². The van der Waals surface area contributed by atoms with Gasteiger partial charge in [0.25, 0.3) is 0 Å². The summed E-state index contributed by atoms with van der Waals surface area (Å²) in [7, 11) is 0. The molecule has 1 N–H and O–H groups in total. The van der Waals surface area contributed by atoms with Crippen molar-refractivity contribution >= 4 is 23.2 Å². The Bertz CT molecular complexity index is 596. The number of ether oxygens (including phenoxy) is 1. The number of aromatic amines is 1. The average molecular weight is 284 g/mol. The van der Waals surface area contributed by atoms with Crippen LogP contribution < -0.4 is 10.2 Å². The lowest BCUT2D eigenvalue weighted by molar-refractivity contribution is 0.302. The van der Waals surface area contributed by atoms with E-state index in [9.17, 15) is 4.79 Å². The van der Waals surface area contributed by atoms with E-state index in [0.717, 1.165) is 5.56 Å². The molecule has 2 rings (SSSR count). The van der Waals surface area contributed by atoms with Crippen molar-refractivity contribution in [3.05, 3.63) is 63.0 Å². The molecule has 1 aromatic carbocycles. The molecule has 0 aliphatic rings. The van der Waals surface area contributed by atoms with Gasteiger partial charge in [-0.3, -0.25) is 4.79 Å². The van der Waals surface area contributed by atoms with E-state index in [0.29, 0.717) is 17.3 Å². The van der Waals surface area contributed by atoms with E-state index in [1.807, 2.05) is 12.1 Å². The van der Waals surface area contributed by atoms with Crippen LogP contribution in [0.15, 0.2) is 41.3 Å². The third-order valence-electron chi connectivity index (χ3n) is 2.36. The number of hydrogen-bond acceptors (Lipinski definition) is 2. The van der Waals surface area contributed by atoms with Crippen molar-refractivity contribution in [3.63, 3.8) is 0 Å². The lowest BCUT2D eigenvalue weighted by Crippen LogP contribution is -2.09. The normalized spacial score (nSPS) is 10.3. The van der Waals surface area contributed by atoms with Gasteiger partial charge in [-0.1, -0.05) is 23.7 Å². The molecular formula is C13H11Cl2NO2. The minimum absolute atomic E-state index is 0.188. The van der Waals surface area contributed by atoms with E-state index < -0.39 is 0 Å². The van der Waals surface area contributed by atoms with Gasteiger partial charge in [-0.2, -0.15) is 0 Å². The van der Waals surface area contributed by atoms with Crippen LogP contribution in [0.1, 0.15) is 11.3 Å². The van der Waals surface area contributed by atoms with Gasteiger partial charge in [0.1, 0.15) is 6.61 Å². The number of aromatic nitrogens is 1. The number of alkyl halides is 1. The first-order valence-electron chi connectivity index (χ1n) is 5.34. The molecule has 0 aliphatic carbocycles. The smallest absolute Gasteiger partial charge is 0.223 e. The van der Waals surface area contributed by atoms with E-state index in [4.69, 9.17) is 27.9 Å². The Morgan fingerprint density at radius 3 is 2.78 bits per heavy atom. The zero-order chi connectivity index (χ0) is 13.0. The zero-order valence-electron chi connectivity index (χ0n) is 9.45. The minimum atomic E-state index is -0.188. The molecule has 5 heteroatoms. The molecule has 0 aliphatic heterocycles. The maximum atomic E-state index is 11.7. The third kappa shape index (κ3) is 3.28. The highest BCUT2D eigenvalue weighted by molar-refractivity contribution is 6.30. The molecule has 0 amide bonds. The maximum absolute atomic E-state index is 11.7. The summed E-state index contributed by atoms with van der Waals surface area (Å²) >= 11 is 11.5. The summed E-state index contributed by atoms with van der Waals surface area (Å²) in [5, 5.41) is 0.641. The van der Waals surface area contributed by atoms with Crippen LogP contribution in [0.2, 0.25) is 5.02 Å². The highest BCUT2D eigenvalue weighted by Crippen LogP contribution is 2.13. The van der Waals surface area contributed by atoms with Crippen LogP contribution in [0, 0.1) is 0 Å². The Balaban J connectivity index is 2.09. The highest BCUT2D eigenvalue weighted by atomic mass is 35.5. The number of rotatable bonds is 4. The van der Waals surface area contributed by atoms with Crippen LogP contribution in [0.5, 0.6) is 5.75 Å². The van der Waals surface area contributed by atoms with Crippen molar-refractivity contribution in [2.75, 3.05) is 0 Å². The van der Waals surface area contributed by atoms with Crippen molar-refractivity contribution in [1.82, 2.24) is 4.98 Å². The van der Waals surface area contributed by atoms with E-state index in [1.165, 1.54) is 12.3 Å². The Kier molecular flexibility index (Phi) is 4.28. The standard InChI is InChI=1S/C13H11Cl2NO2/c14-6-11-5-12(17)13(7-16-11)18-8-9-2-1-3-10(15)4-9/h1-5,7H,6,8H2,(H,16,17). The minimum Gasteiger partial charge on any atom is -0.483 e. The van der Waals surface area contributed by atoms with Crippen LogP contribution in [-0.2, 0) is 12.5 Å². The monoisotopic (exact) mass is 283 g/mol. The summed E-state index contributed by atoms with van der Waals surface area (Å²) in [5.74, 6) is 0.535. The second kappa shape index (κ2) is 5.94. The van der Waals surface area contributed by atoms with Gasteiger partial charge < -0.3 is 9.72 Å². The molecule has 0 bridgehead atoms. The number of hydrogen-bond donors (Lipinski definition) is 1. The van der Waals surface area contributed by atoms with E-state index >= 15 is 0 Å². The molecule has 0 atom stereocenters. The van der Waals surface area contributed by atoms with E-state index in [1.54, 1.807) is 12.1 Å². The van der Waals surface area contributed by atoms with Crippen LogP contribution in [0.3, 0.4) is 0 Å². The molecule has 0 unspecified atom stereocenters. The predicted octanol–water partition coefficient (Wildman–Crippen LogP) is 3.35. The van der Waals surface area contributed by atoms with Gasteiger partial charge in [0.15, 0.2) is 5.75 Å². The Hall–Kier alpha value is -1.45. The fraction of sp³-hybridized carbons (Fsp3) is 0.154. The summed E-state index contributed by atoms with van der Waals surface area (Å²) in [6, 6.07) is 8.73. The highest BCUT2D eigenvalue weighted by Gasteiger charge is 2.03. The first-order chi connectivity index (χ1) is 8.69. The second-order valence-corrected chi connectivity index (χ2v) is 4.44. The van der Waals surface area contributed by atoms with Crippen LogP contribution in [0.4, 0.5) is 0 Å². The second-order valence-electron chi connectivity index (χ2n) is 3.74. The number of nitrogens with one attached hydrogen (secondary N) is 1. The SMILES string of the molecule is O=c1cc(CCl)[nH]cc1OCc1cccc(Cl)c1. The molecule has 18 heavy (non-hydrogen) atoms. The first kappa shape index (κ1) is 13.0. The summed E-state index contributed by atoms with van der Waals surface area (Å²) in [5.41, 5.74) is 1.38. The zero-order valence-corrected chi connectivity index (χ0v) is 11.0. The topological polar surface area (TPSA) is 42.1 Å². The molecule has 0 saturated carbocycles. The molecule has 0 saturated heterocycles. The predicted molar refractivity (Wildman–Crippen MR) is 72.4 cm³/mol. The van der Waals surface area contributed by atoms with Crippen LogP contribution in [0.25, 0.3) is 0 Å². The van der Waals surface area contributed by atoms with Crippen molar-refractivity contribution < 1.29 is 4.74 Å². The summed E-state index contributed by atoms with van der Waals surface area (Å²) in [6.07, 6.45) is 1.52.